The van der Waals surface area contributed by atoms with E-state index >= 15 is 0 Å². The molecule has 1 fully saturated rings. The zero-order valence-electron chi connectivity index (χ0n) is 10.1. The third-order valence-electron chi connectivity index (χ3n) is 3.06. The van der Waals surface area contributed by atoms with Crippen molar-refractivity contribution in [3.05, 3.63) is 18.0 Å². The maximum Gasteiger partial charge on any atom is 0.0764 e. The van der Waals surface area contributed by atoms with Crippen LogP contribution in [0.5, 0.6) is 0 Å². The molecule has 0 radical (unpaired) electrons. The second-order valence-electron chi connectivity index (χ2n) is 4.91. The quantitative estimate of drug-likeness (QED) is 0.842. The monoisotopic (exact) mass is 223 g/mol. The summed E-state index contributed by atoms with van der Waals surface area (Å²) in [5, 5.41) is 14.1. The number of likely N-dealkylation sites (tertiary alicyclic amines) is 1. The van der Waals surface area contributed by atoms with E-state index in [4.69, 9.17) is 0 Å². The fraction of sp³-hybridized carbons (Fsp3) is 0.750. The van der Waals surface area contributed by atoms with E-state index in [-0.39, 0.29) is 6.10 Å². The van der Waals surface area contributed by atoms with Crippen LogP contribution in [0, 0.1) is 0 Å². The number of nitrogens with zero attached hydrogens (tertiary/aromatic N) is 3. The van der Waals surface area contributed by atoms with Crippen LogP contribution < -0.4 is 0 Å². The van der Waals surface area contributed by atoms with E-state index in [9.17, 15) is 5.11 Å². The summed E-state index contributed by atoms with van der Waals surface area (Å²) in [6, 6.07) is 2.49. The lowest BCUT2D eigenvalue weighted by Gasteiger charge is -2.29. The number of rotatable bonds is 3. The van der Waals surface area contributed by atoms with Crippen LogP contribution in [-0.2, 0) is 6.54 Å². The fourth-order valence-electron chi connectivity index (χ4n) is 2.15. The van der Waals surface area contributed by atoms with Crippen LogP contribution in [0.1, 0.15) is 38.4 Å². The van der Waals surface area contributed by atoms with Gasteiger partial charge in [0.15, 0.2) is 0 Å². The van der Waals surface area contributed by atoms with Crippen molar-refractivity contribution in [3.8, 4) is 0 Å². The van der Waals surface area contributed by atoms with E-state index < -0.39 is 0 Å². The zero-order valence-corrected chi connectivity index (χ0v) is 10.1. The molecule has 0 bridgehead atoms. The van der Waals surface area contributed by atoms with Gasteiger partial charge in [-0.3, -0.25) is 9.58 Å². The molecule has 1 N–H and O–H groups in total. The maximum absolute atomic E-state index is 9.58. The molecule has 4 heteroatoms. The number of aliphatic hydroxyl groups is 1. The van der Waals surface area contributed by atoms with Crippen LogP contribution in [0.15, 0.2) is 12.3 Å². The Kier molecular flexibility index (Phi) is 3.61. The van der Waals surface area contributed by atoms with Crippen molar-refractivity contribution in [1.82, 2.24) is 14.7 Å². The summed E-state index contributed by atoms with van der Waals surface area (Å²) < 4.78 is 1.98. The lowest BCUT2D eigenvalue weighted by Crippen LogP contribution is -2.37. The molecular formula is C12H21N3O. The van der Waals surface area contributed by atoms with Crippen molar-refractivity contribution >= 4 is 0 Å². The average molecular weight is 223 g/mol. The minimum atomic E-state index is -0.152. The number of piperidine rings is 1. The van der Waals surface area contributed by atoms with Crippen molar-refractivity contribution < 1.29 is 5.11 Å². The van der Waals surface area contributed by atoms with Crippen LogP contribution >= 0.6 is 0 Å². The van der Waals surface area contributed by atoms with Gasteiger partial charge in [-0.15, -0.1) is 0 Å². The molecule has 0 saturated carbocycles. The van der Waals surface area contributed by atoms with Crippen molar-refractivity contribution in [3.63, 3.8) is 0 Å². The van der Waals surface area contributed by atoms with Crippen LogP contribution in [0.2, 0.25) is 0 Å². The van der Waals surface area contributed by atoms with E-state index in [1.54, 1.807) is 0 Å². The normalized spacial score (nSPS) is 22.9. The summed E-state index contributed by atoms with van der Waals surface area (Å²) in [5.74, 6) is 0. The minimum absolute atomic E-state index is 0.152. The highest BCUT2D eigenvalue weighted by Crippen LogP contribution is 2.13. The molecule has 0 spiro atoms. The topological polar surface area (TPSA) is 41.3 Å². The average Bonchev–Trinajstić information content (AvgIpc) is 2.66. The minimum Gasteiger partial charge on any atom is -0.392 e. The molecule has 4 nitrogen and oxygen atoms in total. The second kappa shape index (κ2) is 4.97. The van der Waals surface area contributed by atoms with Crippen molar-refractivity contribution in [2.75, 3.05) is 13.1 Å². The van der Waals surface area contributed by atoms with Crippen LogP contribution in [0.4, 0.5) is 0 Å². The largest absolute Gasteiger partial charge is 0.392 e. The predicted molar refractivity (Wildman–Crippen MR) is 63.1 cm³/mol. The molecular weight excluding hydrogens is 202 g/mol. The van der Waals surface area contributed by atoms with E-state index in [2.05, 4.69) is 29.9 Å². The Bertz CT molecular complexity index is 335. The smallest absolute Gasteiger partial charge is 0.0764 e. The zero-order chi connectivity index (χ0) is 11.5. The summed E-state index contributed by atoms with van der Waals surface area (Å²) >= 11 is 0. The lowest BCUT2D eigenvalue weighted by molar-refractivity contribution is 0.0661. The Morgan fingerprint density at radius 2 is 2.38 bits per heavy atom. The Morgan fingerprint density at radius 3 is 3.00 bits per heavy atom. The third kappa shape index (κ3) is 2.83. The Hall–Kier alpha value is -0.870. The highest BCUT2D eigenvalue weighted by molar-refractivity contribution is 4.99. The number of aromatic nitrogens is 2. The maximum atomic E-state index is 9.58. The predicted octanol–water partition coefficient (Wildman–Crippen LogP) is 1.42. The first-order valence-corrected chi connectivity index (χ1v) is 6.09. The van der Waals surface area contributed by atoms with Gasteiger partial charge in [0.25, 0.3) is 0 Å². The molecule has 0 amide bonds. The van der Waals surface area contributed by atoms with Gasteiger partial charge < -0.3 is 5.11 Å². The van der Waals surface area contributed by atoms with Crippen molar-refractivity contribution in [1.29, 1.82) is 0 Å². The van der Waals surface area contributed by atoms with E-state index in [0.717, 1.165) is 38.2 Å². The molecule has 1 unspecified atom stereocenters. The molecule has 16 heavy (non-hydrogen) atoms. The standard InChI is InChI=1S/C12H21N3O/c1-10(2)15-7-5-11(13-15)8-14-6-3-4-12(16)9-14/h5,7,10,12,16H,3-4,6,8-9H2,1-2H3. The van der Waals surface area contributed by atoms with E-state index in [0.29, 0.717) is 6.04 Å². The molecule has 0 aromatic carbocycles. The summed E-state index contributed by atoms with van der Waals surface area (Å²) in [6.07, 6.45) is 3.91. The van der Waals surface area contributed by atoms with Crippen LogP contribution in [0.25, 0.3) is 0 Å². The van der Waals surface area contributed by atoms with Crippen molar-refractivity contribution in [2.24, 2.45) is 0 Å². The molecule has 2 heterocycles. The first-order valence-electron chi connectivity index (χ1n) is 6.09. The molecule has 0 aliphatic carbocycles. The molecule has 2 rings (SSSR count). The van der Waals surface area contributed by atoms with E-state index in [1.807, 2.05) is 10.9 Å². The fourth-order valence-corrected chi connectivity index (χ4v) is 2.15. The molecule has 90 valence electrons. The third-order valence-corrected chi connectivity index (χ3v) is 3.06. The second-order valence-corrected chi connectivity index (χ2v) is 4.91. The Balaban J connectivity index is 1.92. The van der Waals surface area contributed by atoms with Gasteiger partial charge in [-0.2, -0.15) is 5.10 Å². The highest BCUT2D eigenvalue weighted by atomic mass is 16.3. The van der Waals surface area contributed by atoms with Gasteiger partial charge in [0.2, 0.25) is 0 Å². The van der Waals surface area contributed by atoms with E-state index in [1.165, 1.54) is 0 Å². The SMILES string of the molecule is CC(C)n1ccc(CN2CCCC(O)C2)n1. The van der Waals surface area contributed by atoms with Gasteiger partial charge in [0, 0.05) is 25.3 Å². The number of hydrogen-bond acceptors (Lipinski definition) is 3. The summed E-state index contributed by atoms with van der Waals surface area (Å²) in [6.45, 7) is 6.97. The van der Waals surface area contributed by atoms with Gasteiger partial charge in [0.1, 0.15) is 0 Å². The van der Waals surface area contributed by atoms with Crippen molar-refractivity contribution in [2.45, 2.75) is 45.4 Å². The van der Waals surface area contributed by atoms with Gasteiger partial charge in [0.05, 0.1) is 11.8 Å². The highest BCUT2D eigenvalue weighted by Gasteiger charge is 2.18. The first kappa shape index (κ1) is 11.6. The summed E-state index contributed by atoms with van der Waals surface area (Å²) in [5.41, 5.74) is 1.10. The Labute approximate surface area is 96.9 Å². The van der Waals surface area contributed by atoms with Gasteiger partial charge in [-0.25, -0.2) is 0 Å². The van der Waals surface area contributed by atoms with Gasteiger partial charge in [-0.1, -0.05) is 0 Å². The lowest BCUT2D eigenvalue weighted by atomic mass is 10.1. The molecule has 1 atom stereocenters. The molecule has 1 aliphatic heterocycles. The van der Waals surface area contributed by atoms with Crippen LogP contribution in [-0.4, -0.2) is 39.0 Å². The number of β-amino-alcohol motifs (C(OH)–C–C–N with tert-alkyl or cyclic N) is 1. The first-order chi connectivity index (χ1) is 7.65. The molecule has 1 aromatic heterocycles. The number of hydrogen-bond donors (Lipinski definition) is 1. The van der Waals surface area contributed by atoms with Gasteiger partial charge in [-0.05, 0) is 39.3 Å². The van der Waals surface area contributed by atoms with Gasteiger partial charge >= 0.3 is 0 Å². The molecule has 1 aromatic rings. The van der Waals surface area contributed by atoms with Crippen LogP contribution in [0.3, 0.4) is 0 Å². The number of aliphatic hydroxyl groups excluding tert-OH is 1. The summed E-state index contributed by atoms with van der Waals surface area (Å²) in [4.78, 5) is 2.28. The summed E-state index contributed by atoms with van der Waals surface area (Å²) in [7, 11) is 0. The Morgan fingerprint density at radius 1 is 1.56 bits per heavy atom. The molecule has 1 saturated heterocycles. The molecule has 1 aliphatic rings.